The molecule has 1 fully saturated rings. The number of carbonyl (C=O) groups excluding carboxylic acids is 1. The van der Waals surface area contributed by atoms with E-state index in [0.717, 1.165) is 30.8 Å². The molecule has 4 nitrogen and oxygen atoms in total. The van der Waals surface area contributed by atoms with Crippen LogP contribution < -0.4 is 5.32 Å². The van der Waals surface area contributed by atoms with Crippen molar-refractivity contribution in [1.82, 2.24) is 15.2 Å². The fraction of sp³-hybridized carbons (Fsp3) is 0.538. The van der Waals surface area contributed by atoms with Crippen molar-refractivity contribution in [2.24, 2.45) is 0 Å². The van der Waals surface area contributed by atoms with Crippen molar-refractivity contribution in [3.05, 3.63) is 29.6 Å². The van der Waals surface area contributed by atoms with Gasteiger partial charge in [0.05, 0.1) is 0 Å². The Morgan fingerprint density at radius 1 is 1.65 bits per heavy atom. The Morgan fingerprint density at radius 2 is 2.47 bits per heavy atom. The predicted octanol–water partition coefficient (Wildman–Crippen LogP) is 1.21. The molecular weight excluding hydrogens is 214 g/mol. The number of nitrogens with zero attached hydrogens (tertiary/aromatic N) is 2. The van der Waals surface area contributed by atoms with Gasteiger partial charge in [-0.05, 0) is 38.4 Å². The summed E-state index contributed by atoms with van der Waals surface area (Å²) in [5.41, 5.74) is 1.60. The maximum Gasteiger partial charge on any atom is 0.253 e. The average Bonchev–Trinajstić information content (AvgIpc) is 2.80. The summed E-state index contributed by atoms with van der Waals surface area (Å²) < 4.78 is 0. The van der Waals surface area contributed by atoms with E-state index < -0.39 is 0 Å². The molecule has 0 spiro atoms. The molecule has 17 heavy (non-hydrogen) atoms. The smallest absolute Gasteiger partial charge is 0.253 e. The van der Waals surface area contributed by atoms with Crippen molar-refractivity contribution < 1.29 is 4.79 Å². The first-order chi connectivity index (χ1) is 8.16. The molecular formula is C13H19N3O. The first-order valence-corrected chi connectivity index (χ1v) is 6.08. The molecule has 2 heterocycles. The lowest BCUT2D eigenvalue weighted by Gasteiger charge is -2.21. The number of rotatable bonds is 3. The first-order valence-electron chi connectivity index (χ1n) is 6.08. The van der Waals surface area contributed by atoms with Gasteiger partial charge < -0.3 is 10.2 Å². The molecule has 0 aromatic carbocycles. The second-order valence-corrected chi connectivity index (χ2v) is 4.66. The highest BCUT2D eigenvalue weighted by Crippen LogP contribution is 2.09. The van der Waals surface area contributed by atoms with Gasteiger partial charge in [0.1, 0.15) is 0 Å². The molecule has 0 saturated carbocycles. The monoisotopic (exact) mass is 233 g/mol. The van der Waals surface area contributed by atoms with Crippen molar-refractivity contribution in [2.75, 3.05) is 20.1 Å². The lowest BCUT2D eigenvalue weighted by atomic mass is 10.2. The summed E-state index contributed by atoms with van der Waals surface area (Å²) in [6.07, 6.45) is 4.05. The van der Waals surface area contributed by atoms with Crippen LogP contribution in [0.2, 0.25) is 0 Å². The molecule has 1 aromatic rings. The zero-order valence-electron chi connectivity index (χ0n) is 10.4. The van der Waals surface area contributed by atoms with Gasteiger partial charge in [-0.15, -0.1) is 0 Å². The second kappa shape index (κ2) is 5.27. The molecule has 92 valence electrons. The third-order valence-electron chi connectivity index (χ3n) is 3.15. The topological polar surface area (TPSA) is 45.2 Å². The molecule has 0 radical (unpaired) electrons. The molecule has 1 unspecified atom stereocenters. The summed E-state index contributed by atoms with van der Waals surface area (Å²) >= 11 is 0. The zero-order chi connectivity index (χ0) is 12.3. The van der Waals surface area contributed by atoms with Crippen LogP contribution in [0.3, 0.4) is 0 Å². The van der Waals surface area contributed by atoms with Crippen LogP contribution in [0.15, 0.2) is 18.3 Å². The molecule has 1 atom stereocenters. The van der Waals surface area contributed by atoms with E-state index in [-0.39, 0.29) is 5.91 Å². The van der Waals surface area contributed by atoms with E-state index in [1.807, 2.05) is 20.0 Å². The molecule has 1 amide bonds. The van der Waals surface area contributed by atoms with Crippen LogP contribution in [0.5, 0.6) is 0 Å². The molecule has 1 aliphatic heterocycles. The number of hydrogen-bond acceptors (Lipinski definition) is 3. The minimum Gasteiger partial charge on any atom is -0.340 e. The number of carbonyl (C=O) groups is 1. The standard InChI is InChI=1S/C13H19N3O/c1-10-8-11(5-7-14-10)13(17)16(2)9-12-4-3-6-15-12/h5,7-8,12,15H,3-4,6,9H2,1-2H3. The Balaban J connectivity index is 1.98. The number of hydrogen-bond donors (Lipinski definition) is 1. The van der Waals surface area contributed by atoms with Crippen LogP contribution in [0.25, 0.3) is 0 Å². The minimum atomic E-state index is 0.0733. The van der Waals surface area contributed by atoms with Crippen LogP contribution >= 0.6 is 0 Å². The lowest BCUT2D eigenvalue weighted by molar-refractivity contribution is 0.0783. The van der Waals surface area contributed by atoms with Gasteiger partial charge in [-0.2, -0.15) is 0 Å². The third kappa shape index (κ3) is 3.03. The van der Waals surface area contributed by atoms with E-state index >= 15 is 0 Å². The fourth-order valence-electron chi connectivity index (χ4n) is 2.23. The summed E-state index contributed by atoms with van der Waals surface area (Å²) in [5, 5.41) is 3.40. The Bertz CT molecular complexity index is 399. The largest absolute Gasteiger partial charge is 0.340 e. The van der Waals surface area contributed by atoms with Gasteiger partial charge in [0.2, 0.25) is 0 Å². The average molecular weight is 233 g/mol. The van der Waals surface area contributed by atoms with Crippen LogP contribution in [-0.4, -0.2) is 42.0 Å². The van der Waals surface area contributed by atoms with Crippen LogP contribution in [-0.2, 0) is 0 Å². The SMILES string of the molecule is Cc1cc(C(=O)N(C)CC2CCCN2)ccn1. The summed E-state index contributed by atoms with van der Waals surface area (Å²) in [6, 6.07) is 4.06. The number of nitrogens with one attached hydrogen (secondary N) is 1. The molecule has 0 aliphatic carbocycles. The van der Waals surface area contributed by atoms with E-state index in [2.05, 4.69) is 10.3 Å². The molecule has 1 N–H and O–H groups in total. The van der Waals surface area contributed by atoms with E-state index in [1.165, 1.54) is 6.42 Å². The first kappa shape index (κ1) is 12.0. The van der Waals surface area contributed by atoms with E-state index in [9.17, 15) is 4.79 Å². The van der Waals surface area contributed by atoms with Gasteiger partial charge in [-0.1, -0.05) is 0 Å². The number of aryl methyl sites for hydroxylation is 1. The highest BCUT2D eigenvalue weighted by Gasteiger charge is 2.19. The second-order valence-electron chi connectivity index (χ2n) is 4.66. The van der Waals surface area contributed by atoms with Crippen molar-refractivity contribution in [2.45, 2.75) is 25.8 Å². The fourth-order valence-corrected chi connectivity index (χ4v) is 2.23. The molecule has 2 rings (SSSR count). The third-order valence-corrected chi connectivity index (χ3v) is 3.15. The van der Waals surface area contributed by atoms with Crippen molar-refractivity contribution in [1.29, 1.82) is 0 Å². The predicted molar refractivity (Wildman–Crippen MR) is 67.0 cm³/mol. The van der Waals surface area contributed by atoms with Crippen molar-refractivity contribution in [3.63, 3.8) is 0 Å². The summed E-state index contributed by atoms with van der Waals surface area (Å²) in [6.45, 7) is 3.75. The number of pyridine rings is 1. The quantitative estimate of drug-likeness (QED) is 0.853. The summed E-state index contributed by atoms with van der Waals surface area (Å²) in [4.78, 5) is 18.0. The Kier molecular flexibility index (Phi) is 3.74. The molecule has 0 bridgehead atoms. The highest BCUT2D eigenvalue weighted by atomic mass is 16.2. The molecule has 1 aliphatic rings. The maximum absolute atomic E-state index is 12.2. The van der Waals surface area contributed by atoms with Gasteiger partial charge >= 0.3 is 0 Å². The van der Waals surface area contributed by atoms with Crippen LogP contribution in [0.1, 0.15) is 28.9 Å². The summed E-state index contributed by atoms with van der Waals surface area (Å²) in [5.74, 6) is 0.0733. The van der Waals surface area contributed by atoms with Crippen LogP contribution in [0.4, 0.5) is 0 Å². The molecule has 1 saturated heterocycles. The van der Waals surface area contributed by atoms with Crippen LogP contribution in [0, 0.1) is 6.92 Å². The van der Waals surface area contributed by atoms with Crippen molar-refractivity contribution >= 4 is 5.91 Å². The minimum absolute atomic E-state index is 0.0733. The van der Waals surface area contributed by atoms with E-state index in [0.29, 0.717) is 6.04 Å². The number of amides is 1. The molecule has 1 aromatic heterocycles. The Labute approximate surface area is 102 Å². The number of likely N-dealkylation sites (N-methyl/N-ethyl adjacent to an activating group) is 1. The Morgan fingerprint density at radius 3 is 3.12 bits per heavy atom. The highest BCUT2D eigenvalue weighted by molar-refractivity contribution is 5.94. The van der Waals surface area contributed by atoms with Gasteiger partial charge in [0.25, 0.3) is 5.91 Å². The van der Waals surface area contributed by atoms with E-state index in [4.69, 9.17) is 0 Å². The maximum atomic E-state index is 12.2. The van der Waals surface area contributed by atoms with Gasteiger partial charge in [0.15, 0.2) is 0 Å². The number of aromatic nitrogens is 1. The molecule has 4 heteroatoms. The zero-order valence-corrected chi connectivity index (χ0v) is 10.4. The Hall–Kier alpha value is -1.42. The van der Waals surface area contributed by atoms with Gasteiger partial charge in [-0.3, -0.25) is 9.78 Å². The van der Waals surface area contributed by atoms with Gasteiger partial charge in [-0.25, -0.2) is 0 Å². The van der Waals surface area contributed by atoms with Gasteiger partial charge in [0, 0.05) is 37.1 Å². The lowest BCUT2D eigenvalue weighted by Crippen LogP contribution is -2.38. The summed E-state index contributed by atoms with van der Waals surface area (Å²) in [7, 11) is 1.86. The van der Waals surface area contributed by atoms with E-state index in [1.54, 1.807) is 17.2 Å². The normalized spacial score (nSPS) is 19.3. The van der Waals surface area contributed by atoms with Crippen molar-refractivity contribution in [3.8, 4) is 0 Å².